The van der Waals surface area contributed by atoms with E-state index in [0.29, 0.717) is 5.78 Å². The molecular weight excluding hydrogens is 358 g/mol. The molecule has 148 valence electrons. The van der Waals surface area contributed by atoms with Gasteiger partial charge in [-0.05, 0) is 30.0 Å². The summed E-state index contributed by atoms with van der Waals surface area (Å²) in [6.07, 6.45) is 3.79. The fourth-order valence-electron chi connectivity index (χ4n) is 4.97. The average molecular weight is 386 g/mol. The molecule has 0 saturated carbocycles. The number of nitrogens with one attached hydrogen (secondary N) is 1. The molecule has 5 rings (SSSR count). The van der Waals surface area contributed by atoms with Crippen molar-refractivity contribution in [2.45, 2.75) is 24.9 Å². The van der Waals surface area contributed by atoms with Crippen LogP contribution in [0.1, 0.15) is 39.6 Å². The summed E-state index contributed by atoms with van der Waals surface area (Å²) in [7, 11) is 0. The predicted octanol–water partition coefficient (Wildman–Crippen LogP) is 3.92. The van der Waals surface area contributed by atoms with Gasteiger partial charge in [0.05, 0.1) is 12.1 Å². The van der Waals surface area contributed by atoms with Gasteiger partial charge in [0.25, 0.3) is 0 Å². The molecule has 4 nitrogen and oxygen atoms in total. The predicted molar refractivity (Wildman–Crippen MR) is 115 cm³/mol. The van der Waals surface area contributed by atoms with Crippen LogP contribution in [0.2, 0.25) is 0 Å². The first-order chi connectivity index (χ1) is 14.3. The maximum Gasteiger partial charge on any atom is 0.181 e. The maximum absolute atomic E-state index is 13.0. The third kappa shape index (κ3) is 3.54. The number of carbonyl (C=O) groups is 1. The van der Waals surface area contributed by atoms with E-state index in [0.717, 1.165) is 50.3 Å². The lowest BCUT2D eigenvalue weighted by Crippen LogP contribution is -2.54. The molecule has 1 N–H and O–H groups in total. The highest BCUT2D eigenvalue weighted by atomic mass is 16.1. The minimum absolute atomic E-state index is 0.0346. The van der Waals surface area contributed by atoms with Gasteiger partial charge in [0, 0.05) is 43.6 Å². The summed E-state index contributed by atoms with van der Waals surface area (Å²) in [5.41, 5.74) is 4.67. The topological polar surface area (TPSA) is 39.3 Å². The first-order valence-corrected chi connectivity index (χ1v) is 10.6. The van der Waals surface area contributed by atoms with Crippen molar-refractivity contribution < 1.29 is 4.79 Å². The molecule has 1 aliphatic carbocycles. The number of Topliss-reactive ketones (excluding diaryl/α,β-unsaturated/α-hetero) is 1. The zero-order valence-corrected chi connectivity index (χ0v) is 16.6. The molecule has 1 aromatic heterocycles. The summed E-state index contributed by atoms with van der Waals surface area (Å²) in [6, 6.07) is 23.8. The van der Waals surface area contributed by atoms with Gasteiger partial charge >= 0.3 is 0 Å². The molecule has 2 aromatic carbocycles. The summed E-state index contributed by atoms with van der Waals surface area (Å²) in [6.45, 7) is 3.81. The van der Waals surface area contributed by atoms with Crippen LogP contribution in [-0.2, 0) is 6.42 Å². The van der Waals surface area contributed by atoms with Crippen LogP contribution in [-0.4, -0.2) is 52.8 Å². The number of aryl methyl sites for hydroxylation is 1. The molecule has 2 aliphatic rings. The Balaban J connectivity index is 1.33. The van der Waals surface area contributed by atoms with Crippen LogP contribution in [0.25, 0.3) is 0 Å². The average Bonchev–Trinajstić information content (AvgIpc) is 3.26. The molecule has 4 heteroatoms. The van der Waals surface area contributed by atoms with Gasteiger partial charge in [-0.15, -0.1) is 0 Å². The number of carbonyl (C=O) groups excluding carboxylic acids is 1. The lowest BCUT2D eigenvalue weighted by atomic mass is 9.90. The zero-order valence-electron chi connectivity index (χ0n) is 16.6. The molecule has 0 amide bonds. The molecule has 0 radical (unpaired) electrons. The van der Waals surface area contributed by atoms with Crippen molar-refractivity contribution in [1.82, 2.24) is 14.8 Å². The Labute approximate surface area is 172 Å². The van der Waals surface area contributed by atoms with Crippen molar-refractivity contribution in [3.8, 4) is 0 Å². The van der Waals surface area contributed by atoms with E-state index in [4.69, 9.17) is 0 Å². The second-order valence-electron chi connectivity index (χ2n) is 8.08. The number of hydrogen-bond acceptors (Lipinski definition) is 3. The molecule has 3 aromatic rings. The number of benzene rings is 2. The normalized spacial score (nSPS) is 20.7. The van der Waals surface area contributed by atoms with E-state index in [-0.39, 0.29) is 12.1 Å². The van der Waals surface area contributed by atoms with Crippen molar-refractivity contribution in [1.29, 1.82) is 0 Å². The van der Waals surface area contributed by atoms with Crippen molar-refractivity contribution in [3.05, 3.63) is 95.3 Å². The van der Waals surface area contributed by atoms with E-state index < -0.39 is 0 Å². The van der Waals surface area contributed by atoms with Crippen molar-refractivity contribution >= 4 is 5.78 Å². The Morgan fingerprint density at radius 2 is 1.45 bits per heavy atom. The molecular formula is C25H27N3O. The third-order valence-electron chi connectivity index (χ3n) is 6.45. The Hall–Kier alpha value is -2.69. The summed E-state index contributed by atoms with van der Waals surface area (Å²) in [4.78, 5) is 21.2. The third-order valence-corrected chi connectivity index (χ3v) is 6.45. The van der Waals surface area contributed by atoms with E-state index in [2.05, 4.69) is 75.4 Å². The molecule has 1 atom stereocenters. The van der Waals surface area contributed by atoms with E-state index in [1.165, 1.54) is 11.1 Å². The fourth-order valence-corrected chi connectivity index (χ4v) is 4.97. The Morgan fingerprint density at radius 3 is 2.07 bits per heavy atom. The van der Waals surface area contributed by atoms with Gasteiger partial charge in [-0.3, -0.25) is 14.6 Å². The minimum atomic E-state index is 0.0346. The summed E-state index contributed by atoms with van der Waals surface area (Å²) in [5, 5.41) is 0. The van der Waals surface area contributed by atoms with Crippen LogP contribution in [0, 0.1) is 0 Å². The first kappa shape index (κ1) is 18.3. The summed E-state index contributed by atoms with van der Waals surface area (Å²) < 4.78 is 0. The second-order valence-corrected chi connectivity index (χ2v) is 8.08. The van der Waals surface area contributed by atoms with Crippen LogP contribution in [0.4, 0.5) is 0 Å². The van der Waals surface area contributed by atoms with Crippen LogP contribution in [0.15, 0.2) is 72.9 Å². The maximum atomic E-state index is 13.0. The number of nitrogens with zero attached hydrogens (tertiary/aromatic N) is 2. The van der Waals surface area contributed by atoms with Crippen LogP contribution in [0.3, 0.4) is 0 Å². The van der Waals surface area contributed by atoms with Gasteiger partial charge in [-0.2, -0.15) is 0 Å². The van der Waals surface area contributed by atoms with Crippen LogP contribution < -0.4 is 0 Å². The molecule has 1 unspecified atom stereocenters. The highest BCUT2D eigenvalue weighted by Crippen LogP contribution is 2.31. The van der Waals surface area contributed by atoms with Gasteiger partial charge in [0.1, 0.15) is 0 Å². The van der Waals surface area contributed by atoms with Crippen molar-refractivity contribution in [3.63, 3.8) is 0 Å². The second kappa shape index (κ2) is 7.97. The number of rotatable bonds is 4. The monoisotopic (exact) mass is 385 g/mol. The van der Waals surface area contributed by atoms with Crippen LogP contribution >= 0.6 is 0 Å². The van der Waals surface area contributed by atoms with Crippen molar-refractivity contribution in [2.24, 2.45) is 0 Å². The SMILES string of the molecule is O=C1c2cc[nH]c2CCC1N1CCN(C(c2ccccc2)c2ccccc2)CC1. The molecule has 0 spiro atoms. The quantitative estimate of drug-likeness (QED) is 0.740. The number of ketones is 1. The van der Waals surface area contributed by atoms with Gasteiger partial charge in [0.15, 0.2) is 5.78 Å². The zero-order chi connectivity index (χ0) is 19.6. The van der Waals surface area contributed by atoms with Crippen molar-refractivity contribution in [2.75, 3.05) is 26.2 Å². The molecule has 2 heterocycles. The highest BCUT2D eigenvalue weighted by molar-refractivity contribution is 6.02. The molecule has 0 bridgehead atoms. The number of aromatic amines is 1. The first-order valence-electron chi connectivity index (χ1n) is 10.6. The van der Waals surface area contributed by atoms with E-state index in [1.54, 1.807) is 0 Å². The molecule has 1 saturated heterocycles. The molecule has 1 aliphatic heterocycles. The van der Waals surface area contributed by atoms with Gasteiger partial charge in [-0.25, -0.2) is 0 Å². The van der Waals surface area contributed by atoms with Gasteiger partial charge in [0.2, 0.25) is 0 Å². The number of fused-ring (bicyclic) bond motifs is 1. The molecule has 29 heavy (non-hydrogen) atoms. The van der Waals surface area contributed by atoms with E-state index >= 15 is 0 Å². The highest BCUT2D eigenvalue weighted by Gasteiger charge is 2.35. The fraction of sp³-hybridized carbons (Fsp3) is 0.320. The standard InChI is InChI=1S/C25H27N3O/c29-25-21-13-14-26-22(21)11-12-23(25)27-15-17-28(18-16-27)24(19-7-3-1-4-8-19)20-9-5-2-6-10-20/h1-10,13-14,23-24,26H,11-12,15-18H2. The summed E-state index contributed by atoms with van der Waals surface area (Å²) in [5.74, 6) is 0.295. The number of aromatic nitrogens is 1. The lowest BCUT2D eigenvalue weighted by molar-refractivity contribution is 0.0568. The molecule has 1 fully saturated rings. The Bertz CT molecular complexity index is 919. The number of piperazine rings is 1. The lowest BCUT2D eigenvalue weighted by Gasteiger charge is -2.43. The summed E-state index contributed by atoms with van der Waals surface area (Å²) >= 11 is 0. The minimum Gasteiger partial charge on any atom is -0.364 e. The number of hydrogen-bond donors (Lipinski definition) is 1. The van der Waals surface area contributed by atoms with Gasteiger partial charge in [-0.1, -0.05) is 60.7 Å². The van der Waals surface area contributed by atoms with Crippen LogP contribution in [0.5, 0.6) is 0 Å². The number of H-pyrrole nitrogens is 1. The Kier molecular flexibility index (Phi) is 5.04. The smallest absolute Gasteiger partial charge is 0.181 e. The van der Waals surface area contributed by atoms with E-state index in [9.17, 15) is 4.79 Å². The largest absolute Gasteiger partial charge is 0.364 e. The van der Waals surface area contributed by atoms with Gasteiger partial charge < -0.3 is 4.98 Å². The Morgan fingerprint density at radius 1 is 0.828 bits per heavy atom. The van der Waals surface area contributed by atoms with E-state index in [1.807, 2.05) is 12.3 Å².